The van der Waals surface area contributed by atoms with E-state index in [0.717, 1.165) is 23.5 Å². The number of thiophene rings is 1. The van der Waals surface area contributed by atoms with Gasteiger partial charge in [0.25, 0.3) is 5.91 Å². The zero-order chi connectivity index (χ0) is 18.8. The van der Waals surface area contributed by atoms with Crippen molar-refractivity contribution < 1.29 is 14.1 Å². The molecular weight excluding hydrogens is 364 g/mol. The molecule has 3 aromatic rings. The lowest BCUT2D eigenvalue weighted by atomic mass is 10.1. The highest BCUT2D eigenvalue weighted by atomic mass is 32.1. The molecule has 0 aliphatic carbocycles. The first-order valence-corrected chi connectivity index (χ1v) is 9.52. The highest BCUT2D eigenvalue weighted by Crippen LogP contribution is 2.23. The van der Waals surface area contributed by atoms with Gasteiger partial charge in [0.2, 0.25) is 17.6 Å². The molecule has 1 fully saturated rings. The van der Waals surface area contributed by atoms with Crippen molar-refractivity contribution in [1.82, 2.24) is 15.0 Å². The van der Waals surface area contributed by atoms with Gasteiger partial charge in [-0.2, -0.15) is 4.98 Å². The van der Waals surface area contributed by atoms with Gasteiger partial charge in [-0.15, -0.1) is 11.3 Å². The molecule has 8 heteroatoms. The van der Waals surface area contributed by atoms with Gasteiger partial charge in [0.15, 0.2) is 0 Å². The van der Waals surface area contributed by atoms with E-state index in [9.17, 15) is 9.59 Å². The van der Waals surface area contributed by atoms with Crippen LogP contribution in [0.2, 0.25) is 0 Å². The van der Waals surface area contributed by atoms with E-state index in [4.69, 9.17) is 4.52 Å². The van der Waals surface area contributed by atoms with E-state index in [0.29, 0.717) is 23.7 Å². The Balaban J connectivity index is 1.42. The lowest BCUT2D eigenvalue weighted by Gasteiger charge is -2.17. The van der Waals surface area contributed by atoms with Gasteiger partial charge in [0, 0.05) is 31.3 Å². The number of anilines is 1. The van der Waals surface area contributed by atoms with E-state index in [1.807, 2.05) is 29.6 Å². The number of carbonyl (C=O) groups is 2. The molecule has 7 nitrogen and oxygen atoms in total. The van der Waals surface area contributed by atoms with Crippen LogP contribution in [0.4, 0.5) is 5.69 Å². The van der Waals surface area contributed by atoms with Crippen LogP contribution in [0.3, 0.4) is 0 Å². The maximum absolute atomic E-state index is 12.6. The average molecular weight is 382 g/mol. The van der Waals surface area contributed by atoms with E-state index in [1.54, 1.807) is 24.1 Å². The van der Waals surface area contributed by atoms with Gasteiger partial charge in [0.05, 0.1) is 11.4 Å². The molecule has 0 atom stereocenters. The highest BCUT2D eigenvalue weighted by molar-refractivity contribution is 7.13. The summed E-state index contributed by atoms with van der Waals surface area (Å²) in [4.78, 5) is 33.0. The van der Waals surface area contributed by atoms with Crippen LogP contribution in [0, 0.1) is 0 Å². The summed E-state index contributed by atoms with van der Waals surface area (Å²) < 4.78 is 5.25. The fourth-order valence-corrected chi connectivity index (χ4v) is 3.67. The van der Waals surface area contributed by atoms with Gasteiger partial charge >= 0.3 is 0 Å². The molecule has 1 saturated heterocycles. The Hall–Kier alpha value is -3.00. The highest BCUT2D eigenvalue weighted by Gasteiger charge is 2.22. The van der Waals surface area contributed by atoms with Crippen LogP contribution in [0.15, 0.2) is 46.3 Å². The van der Waals surface area contributed by atoms with E-state index in [-0.39, 0.29) is 18.4 Å². The Kier molecular flexibility index (Phi) is 4.72. The van der Waals surface area contributed by atoms with Crippen LogP contribution >= 0.6 is 11.3 Å². The summed E-state index contributed by atoms with van der Waals surface area (Å²) >= 11 is 1.53. The number of hydrogen-bond acceptors (Lipinski definition) is 6. The first-order chi connectivity index (χ1) is 13.1. The van der Waals surface area contributed by atoms with Crippen LogP contribution in [0.25, 0.3) is 10.7 Å². The third-order valence-electron chi connectivity index (χ3n) is 4.43. The molecule has 2 amide bonds. The first-order valence-electron chi connectivity index (χ1n) is 8.64. The lowest BCUT2D eigenvalue weighted by Crippen LogP contribution is -2.27. The molecule has 0 spiro atoms. The zero-order valence-corrected chi connectivity index (χ0v) is 15.6. The van der Waals surface area contributed by atoms with Gasteiger partial charge in [0.1, 0.15) is 0 Å². The summed E-state index contributed by atoms with van der Waals surface area (Å²) in [5.74, 6) is 0.892. The van der Waals surface area contributed by atoms with Crippen LogP contribution < -0.4 is 4.90 Å². The van der Waals surface area contributed by atoms with Gasteiger partial charge in [-0.3, -0.25) is 9.59 Å². The normalized spacial score (nSPS) is 14.0. The van der Waals surface area contributed by atoms with Crippen LogP contribution in [-0.4, -0.2) is 40.4 Å². The van der Waals surface area contributed by atoms with Gasteiger partial charge in [-0.1, -0.05) is 11.2 Å². The second-order valence-corrected chi connectivity index (χ2v) is 7.29. The summed E-state index contributed by atoms with van der Waals surface area (Å²) in [5.41, 5.74) is 1.38. The molecule has 138 valence electrons. The lowest BCUT2D eigenvalue weighted by molar-refractivity contribution is -0.117. The molecule has 3 heterocycles. The second kappa shape index (κ2) is 7.32. The van der Waals surface area contributed by atoms with Crippen molar-refractivity contribution in [3.05, 3.63) is 53.2 Å². The maximum atomic E-state index is 12.6. The minimum Gasteiger partial charge on any atom is -0.337 e. The maximum Gasteiger partial charge on any atom is 0.254 e. The SMILES string of the molecule is CN(Cc1nc(-c2cccs2)no1)C(=O)c1ccc(N2CCCC2=O)cc1. The number of nitrogens with zero attached hydrogens (tertiary/aromatic N) is 4. The van der Waals surface area contributed by atoms with Crippen molar-refractivity contribution in [2.24, 2.45) is 0 Å². The molecule has 0 N–H and O–H groups in total. The molecule has 1 aliphatic rings. The number of amides is 2. The number of hydrogen-bond donors (Lipinski definition) is 0. The number of carbonyl (C=O) groups excluding carboxylic acids is 2. The summed E-state index contributed by atoms with van der Waals surface area (Å²) in [7, 11) is 1.69. The van der Waals surface area contributed by atoms with E-state index in [2.05, 4.69) is 10.1 Å². The third kappa shape index (κ3) is 3.61. The van der Waals surface area contributed by atoms with E-state index < -0.39 is 0 Å². The van der Waals surface area contributed by atoms with Crippen LogP contribution in [-0.2, 0) is 11.3 Å². The number of rotatable bonds is 5. The molecule has 0 radical (unpaired) electrons. The Morgan fingerprint density at radius 2 is 2.11 bits per heavy atom. The van der Waals surface area contributed by atoms with Crippen molar-refractivity contribution in [3.8, 4) is 10.7 Å². The minimum absolute atomic E-state index is 0.129. The molecule has 1 aliphatic heterocycles. The zero-order valence-electron chi connectivity index (χ0n) is 14.8. The van der Waals surface area contributed by atoms with Crippen molar-refractivity contribution in [2.75, 3.05) is 18.5 Å². The number of benzene rings is 1. The van der Waals surface area contributed by atoms with E-state index in [1.165, 1.54) is 16.2 Å². The second-order valence-electron chi connectivity index (χ2n) is 6.35. The third-order valence-corrected chi connectivity index (χ3v) is 5.29. The predicted molar refractivity (Wildman–Crippen MR) is 101 cm³/mol. The summed E-state index contributed by atoms with van der Waals surface area (Å²) in [5, 5.41) is 5.90. The minimum atomic E-state index is -0.148. The molecule has 0 bridgehead atoms. The Labute approximate surface area is 160 Å². The summed E-state index contributed by atoms with van der Waals surface area (Å²) in [6.45, 7) is 0.958. The molecule has 27 heavy (non-hydrogen) atoms. The van der Waals surface area contributed by atoms with Gasteiger partial charge in [-0.05, 0) is 42.1 Å². The molecule has 1 aromatic carbocycles. The summed E-state index contributed by atoms with van der Waals surface area (Å²) in [6, 6.07) is 10.9. The summed E-state index contributed by atoms with van der Waals surface area (Å²) in [6.07, 6.45) is 1.46. The van der Waals surface area contributed by atoms with Crippen molar-refractivity contribution in [1.29, 1.82) is 0 Å². The molecule has 0 saturated carbocycles. The number of aromatic nitrogens is 2. The predicted octanol–water partition coefficient (Wildman–Crippen LogP) is 3.20. The Morgan fingerprint density at radius 3 is 2.78 bits per heavy atom. The first kappa shape index (κ1) is 17.4. The molecule has 4 rings (SSSR count). The van der Waals surface area contributed by atoms with Gasteiger partial charge < -0.3 is 14.3 Å². The van der Waals surface area contributed by atoms with Crippen molar-refractivity contribution >= 4 is 28.8 Å². The largest absolute Gasteiger partial charge is 0.337 e. The van der Waals surface area contributed by atoms with Crippen LogP contribution in [0.1, 0.15) is 29.1 Å². The average Bonchev–Trinajstić information content (AvgIpc) is 3.42. The fraction of sp³-hybridized carbons (Fsp3) is 0.263. The molecular formula is C19H18N4O3S. The topological polar surface area (TPSA) is 79.5 Å². The smallest absolute Gasteiger partial charge is 0.254 e. The van der Waals surface area contributed by atoms with E-state index >= 15 is 0 Å². The Morgan fingerprint density at radius 1 is 1.30 bits per heavy atom. The monoisotopic (exact) mass is 382 g/mol. The fourth-order valence-electron chi connectivity index (χ4n) is 3.03. The van der Waals surface area contributed by atoms with Crippen molar-refractivity contribution in [3.63, 3.8) is 0 Å². The molecule has 0 unspecified atom stereocenters. The van der Waals surface area contributed by atoms with Crippen LogP contribution in [0.5, 0.6) is 0 Å². The van der Waals surface area contributed by atoms with Crippen molar-refractivity contribution in [2.45, 2.75) is 19.4 Å². The molecule has 2 aromatic heterocycles. The Bertz CT molecular complexity index is 950. The quantitative estimate of drug-likeness (QED) is 0.677. The standard InChI is InChI=1S/C19H18N4O3S/c1-22(12-16-20-18(21-26-16)15-4-3-11-27-15)19(25)13-6-8-14(9-7-13)23-10-2-5-17(23)24/h3-4,6-9,11H,2,5,10,12H2,1H3. The van der Waals surface area contributed by atoms with Gasteiger partial charge in [-0.25, -0.2) is 0 Å².